The lowest BCUT2D eigenvalue weighted by atomic mass is 10.1. The van der Waals surface area contributed by atoms with Crippen molar-refractivity contribution >= 4 is 45.4 Å². The Labute approximate surface area is 144 Å². The van der Waals surface area contributed by atoms with Crippen LogP contribution in [0.4, 0.5) is 5.69 Å². The third-order valence-electron chi connectivity index (χ3n) is 3.91. The first-order valence-electron chi connectivity index (χ1n) is 7.48. The van der Waals surface area contributed by atoms with Crippen molar-refractivity contribution in [3.8, 4) is 0 Å². The average molecular weight is 378 g/mol. The first-order chi connectivity index (χ1) is 11.8. The highest BCUT2D eigenvalue weighted by Gasteiger charge is 2.17. The maximum absolute atomic E-state index is 12.7. The number of hydrogen-bond acceptors (Lipinski definition) is 6. The molecule has 0 fully saturated rings. The summed E-state index contributed by atoms with van der Waals surface area (Å²) in [5, 5.41) is 0.625. The van der Waals surface area contributed by atoms with E-state index >= 15 is 0 Å². The molecule has 1 atom stereocenters. The van der Waals surface area contributed by atoms with E-state index in [1.165, 1.54) is 18.2 Å². The molecule has 1 unspecified atom stereocenters. The number of benzene rings is 2. The molecule has 130 valence electrons. The molecule has 0 aliphatic carbocycles. The predicted molar refractivity (Wildman–Crippen MR) is 95.6 cm³/mol. The van der Waals surface area contributed by atoms with Crippen molar-refractivity contribution in [1.29, 1.82) is 0 Å². The summed E-state index contributed by atoms with van der Waals surface area (Å²) in [7, 11) is -6.28. The molecule has 0 bridgehead atoms. The summed E-state index contributed by atoms with van der Waals surface area (Å²) >= 11 is 0. The Kier molecular flexibility index (Phi) is 4.60. The maximum Gasteiger partial charge on any atom is 0.308 e. The van der Waals surface area contributed by atoms with Crippen molar-refractivity contribution in [3.05, 3.63) is 46.6 Å². The number of rotatable bonds is 5. The van der Waals surface area contributed by atoms with E-state index in [1.807, 2.05) is 0 Å². The van der Waals surface area contributed by atoms with Gasteiger partial charge in [-0.2, -0.15) is 0 Å². The van der Waals surface area contributed by atoms with Crippen molar-refractivity contribution in [3.63, 3.8) is 0 Å². The zero-order valence-corrected chi connectivity index (χ0v) is 14.8. The summed E-state index contributed by atoms with van der Waals surface area (Å²) in [6.07, 6.45) is -0.170. The minimum atomic E-state index is -3.67. The van der Waals surface area contributed by atoms with Gasteiger partial charge in [0, 0.05) is 33.9 Å². The molecule has 9 heteroatoms. The summed E-state index contributed by atoms with van der Waals surface area (Å²) in [6.45, 7) is 0. The Balaban J connectivity index is 2.10. The Bertz CT molecular complexity index is 1150. The number of aromatic amines is 1. The van der Waals surface area contributed by atoms with Crippen LogP contribution in [0.1, 0.15) is 6.42 Å². The lowest BCUT2D eigenvalue weighted by molar-refractivity contribution is -0.164. The summed E-state index contributed by atoms with van der Waals surface area (Å²) in [4.78, 5) is 26.3. The monoisotopic (exact) mass is 378 g/mol. The van der Waals surface area contributed by atoms with Crippen LogP contribution in [0.2, 0.25) is 0 Å². The standard InChI is InChI=1S/C16H15N2O5PS/c17-10-2-4-14-12(8-10)16(19)13-9-11(3-5-15(13)18-14)25(22,23)7-1-6-24(20)21/h2-5,8-9H,1,6-7,17H2,(H,18,19). The highest BCUT2D eigenvalue weighted by Crippen LogP contribution is 2.21. The van der Waals surface area contributed by atoms with E-state index < -0.39 is 17.9 Å². The van der Waals surface area contributed by atoms with Crippen molar-refractivity contribution in [2.24, 2.45) is 0 Å². The van der Waals surface area contributed by atoms with E-state index in [0.717, 1.165) is 0 Å². The van der Waals surface area contributed by atoms with Gasteiger partial charge in [0.05, 0.1) is 10.6 Å². The van der Waals surface area contributed by atoms with Gasteiger partial charge in [0.1, 0.15) is 6.16 Å². The third kappa shape index (κ3) is 3.56. The topological polar surface area (TPSA) is 133 Å². The Morgan fingerprint density at radius 1 is 1.08 bits per heavy atom. The molecule has 2 aromatic carbocycles. The molecular weight excluding hydrogens is 363 g/mol. The summed E-state index contributed by atoms with van der Waals surface area (Å²) in [5.74, 6) is -0.291. The van der Waals surface area contributed by atoms with Gasteiger partial charge in [0.15, 0.2) is 15.3 Å². The number of aromatic nitrogens is 1. The van der Waals surface area contributed by atoms with E-state index in [9.17, 15) is 22.7 Å². The van der Waals surface area contributed by atoms with Crippen LogP contribution >= 0.6 is 8.03 Å². The molecule has 1 aromatic heterocycles. The van der Waals surface area contributed by atoms with Gasteiger partial charge in [-0.25, -0.2) is 8.42 Å². The van der Waals surface area contributed by atoms with Gasteiger partial charge in [-0.15, -0.1) is 0 Å². The fourth-order valence-electron chi connectivity index (χ4n) is 2.66. The third-order valence-corrected chi connectivity index (χ3v) is 6.39. The lowest BCUT2D eigenvalue weighted by Crippen LogP contribution is -2.10. The van der Waals surface area contributed by atoms with Crippen molar-refractivity contribution in [2.75, 3.05) is 17.6 Å². The molecule has 7 nitrogen and oxygen atoms in total. The maximum atomic E-state index is 12.7. The second kappa shape index (κ2) is 6.55. The molecular formula is C16H15N2O5PS. The molecule has 0 amide bonds. The van der Waals surface area contributed by atoms with Gasteiger partial charge in [-0.1, -0.05) is 4.57 Å². The van der Waals surface area contributed by atoms with E-state index in [-0.39, 0.29) is 34.0 Å². The summed E-state index contributed by atoms with van der Waals surface area (Å²) < 4.78 is 35.3. The molecule has 1 heterocycles. The Morgan fingerprint density at radius 2 is 1.72 bits per heavy atom. The highest BCUT2D eigenvalue weighted by molar-refractivity contribution is 7.91. The van der Waals surface area contributed by atoms with Crippen LogP contribution in [0, 0.1) is 0 Å². The Morgan fingerprint density at radius 3 is 2.40 bits per heavy atom. The Hall–Kier alpha value is -2.28. The second-order valence-electron chi connectivity index (χ2n) is 5.70. The zero-order valence-electron chi connectivity index (χ0n) is 13.1. The molecule has 0 aliphatic heterocycles. The predicted octanol–water partition coefficient (Wildman–Crippen LogP) is 1.53. The molecule has 0 saturated heterocycles. The molecule has 0 aliphatic rings. The number of nitrogens with two attached hydrogens (primary N) is 1. The number of sulfone groups is 1. The van der Waals surface area contributed by atoms with E-state index in [4.69, 9.17) is 5.73 Å². The molecule has 0 saturated carbocycles. The van der Waals surface area contributed by atoms with Crippen molar-refractivity contribution < 1.29 is 17.9 Å². The smallest absolute Gasteiger partial charge is 0.308 e. The number of H-pyrrole nitrogens is 1. The van der Waals surface area contributed by atoms with Crippen LogP contribution in [-0.4, -0.2) is 25.3 Å². The van der Waals surface area contributed by atoms with E-state index in [0.29, 0.717) is 22.1 Å². The second-order valence-corrected chi connectivity index (χ2v) is 8.92. The van der Waals surface area contributed by atoms with Crippen molar-refractivity contribution in [1.82, 2.24) is 4.98 Å². The number of hydrogen-bond donors (Lipinski definition) is 2. The quantitative estimate of drug-likeness (QED) is 0.393. The largest absolute Gasteiger partial charge is 0.596 e. The summed E-state index contributed by atoms with van der Waals surface area (Å²) in [6, 6.07) is 9.17. The van der Waals surface area contributed by atoms with Gasteiger partial charge < -0.3 is 15.6 Å². The zero-order chi connectivity index (χ0) is 18.2. The van der Waals surface area contributed by atoms with Gasteiger partial charge in [-0.3, -0.25) is 4.79 Å². The van der Waals surface area contributed by atoms with Gasteiger partial charge in [-0.05, 0) is 36.4 Å². The van der Waals surface area contributed by atoms with Crippen LogP contribution < -0.4 is 16.1 Å². The fourth-order valence-corrected chi connectivity index (χ4v) is 4.63. The van der Waals surface area contributed by atoms with Gasteiger partial charge >= 0.3 is 8.03 Å². The normalized spacial score (nSPS) is 12.6. The van der Waals surface area contributed by atoms with Crippen LogP contribution in [0.15, 0.2) is 46.1 Å². The molecule has 3 N–H and O–H groups in total. The first kappa shape index (κ1) is 17.5. The molecule has 25 heavy (non-hydrogen) atoms. The molecule has 0 spiro atoms. The number of pyridine rings is 1. The minimum Gasteiger partial charge on any atom is -0.596 e. The molecule has 3 rings (SSSR count). The highest BCUT2D eigenvalue weighted by atomic mass is 32.2. The van der Waals surface area contributed by atoms with Crippen LogP contribution in [0.25, 0.3) is 21.8 Å². The summed E-state index contributed by atoms with van der Waals surface area (Å²) in [5.41, 5.74) is 6.98. The number of nitrogen functional groups attached to an aromatic ring is 1. The SMILES string of the molecule is Nc1ccc2[nH]c3ccc(S(=O)(=O)CCC[P+](=O)[O-])cc3c(=O)c2c1. The molecule has 3 aromatic rings. The van der Waals surface area contributed by atoms with E-state index in [2.05, 4.69) is 4.98 Å². The average Bonchev–Trinajstić information content (AvgIpc) is 2.55. The van der Waals surface area contributed by atoms with E-state index in [1.54, 1.807) is 18.2 Å². The number of fused-ring (bicyclic) bond motifs is 2. The van der Waals surface area contributed by atoms with Crippen LogP contribution in [0.5, 0.6) is 0 Å². The lowest BCUT2D eigenvalue weighted by Gasteiger charge is -2.07. The van der Waals surface area contributed by atoms with Gasteiger partial charge in [0.25, 0.3) is 0 Å². The van der Waals surface area contributed by atoms with Gasteiger partial charge in [0.2, 0.25) is 0 Å². The molecule has 0 radical (unpaired) electrons. The minimum absolute atomic E-state index is 0.00474. The van der Waals surface area contributed by atoms with Crippen LogP contribution in [0.3, 0.4) is 0 Å². The first-order valence-corrected chi connectivity index (χ1v) is 10.5. The van der Waals surface area contributed by atoms with Crippen molar-refractivity contribution in [2.45, 2.75) is 11.3 Å². The van der Waals surface area contributed by atoms with Crippen LogP contribution in [-0.2, 0) is 14.4 Å². The fraction of sp³-hybridized carbons (Fsp3) is 0.188. The number of anilines is 1. The number of nitrogens with one attached hydrogen (secondary N) is 1.